The Labute approximate surface area is 168 Å². The van der Waals surface area contributed by atoms with Crippen molar-refractivity contribution in [1.29, 1.82) is 0 Å². The second-order valence-corrected chi connectivity index (χ2v) is 9.31. The number of rotatable bonds is 2. The molecule has 2 aliphatic rings. The maximum absolute atomic E-state index is 13.8. The van der Waals surface area contributed by atoms with Gasteiger partial charge in [0.2, 0.25) is 0 Å². The van der Waals surface area contributed by atoms with Crippen LogP contribution in [0, 0.1) is 5.82 Å². The molecule has 3 aromatic carbocycles. The summed E-state index contributed by atoms with van der Waals surface area (Å²) in [6.07, 6.45) is 9.22. The first-order chi connectivity index (χ1) is 13.9. The van der Waals surface area contributed by atoms with Crippen molar-refractivity contribution in [3.63, 3.8) is 0 Å². The highest BCUT2D eigenvalue weighted by Crippen LogP contribution is 2.32. The van der Waals surface area contributed by atoms with Crippen LogP contribution in [0.25, 0.3) is 22.9 Å². The molecule has 0 radical (unpaired) electrons. The lowest BCUT2D eigenvalue weighted by molar-refractivity contribution is 0.459. The van der Waals surface area contributed by atoms with Crippen molar-refractivity contribution in [2.75, 3.05) is 0 Å². The van der Waals surface area contributed by atoms with Gasteiger partial charge in [0, 0.05) is 5.92 Å². The second kappa shape index (κ2) is 6.65. The zero-order valence-electron chi connectivity index (χ0n) is 15.5. The molecule has 3 aromatic rings. The van der Waals surface area contributed by atoms with Gasteiger partial charge >= 0.3 is 0 Å². The molecule has 5 heteroatoms. The summed E-state index contributed by atoms with van der Waals surface area (Å²) in [6, 6.07) is 14.1. The number of allylic oxidation sites excluding steroid dienone is 2. The van der Waals surface area contributed by atoms with Gasteiger partial charge in [-0.1, -0.05) is 60.7 Å². The van der Waals surface area contributed by atoms with E-state index >= 15 is 0 Å². The van der Waals surface area contributed by atoms with Gasteiger partial charge in [0.05, 0.1) is 0 Å². The van der Waals surface area contributed by atoms with Crippen LogP contribution in [0.15, 0.2) is 60.7 Å². The first-order valence-electron chi connectivity index (χ1n) is 9.56. The predicted molar refractivity (Wildman–Crippen MR) is 113 cm³/mol. The van der Waals surface area contributed by atoms with Crippen molar-refractivity contribution in [3.8, 4) is 0 Å². The third kappa shape index (κ3) is 3.11. The average Bonchev–Trinajstić information content (AvgIpc) is 2.71. The van der Waals surface area contributed by atoms with Gasteiger partial charge in [0.25, 0.3) is 10.1 Å². The molecule has 0 amide bonds. The topological polar surface area (TPSA) is 54.4 Å². The lowest BCUT2D eigenvalue weighted by Gasteiger charge is -2.27. The molecule has 0 aliphatic heterocycles. The highest BCUT2D eigenvalue weighted by molar-refractivity contribution is 7.86. The Balaban J connectivity index is 1.81. The van der Waals surface area contributed by atoms with Crippen molar-refractivity contribution in [3.05, 3.63) is 93.6 Å². The third-order valence-electron chi connectivity index (χ3n) is 5.99. The fourth-order valence-electron chi connectivity index (χ4n) is 4.60. The molecule has 0 saturated heterocycles. The number of fused-ring (bicyclic) bond motifs is 5. The minimum Gasteiger partial charge on any atom is -0.285 e. The van der Waals surface area contributed by atoms with Crippen LogP contribution in [0.2, 0.25) is 0 Å². The minimum absolute atomic E-state index is 0.183. The van der Waals surface area contributed by atoms with Crippen molar-refractivity contribution >= 4 is 33.0 Å². The summed E-state index contributed by atoms with van der Waals surface area (Å²) >= 11 is 0. The van der Waals surface area contributed by atoms with E-state index in [0.717, 1.165) is 28.0 Å². The smallest absolute Gasteiger partial charge is 0.269 e. The quantitative estimate of drug-likeness (QED) is 0.665. The molecule has 146 valence electrons. The fraction of sp³-hybridized carbons (Fsp3) is 0.167. The van der Waals surface area contributed by atoms with Crippen LogP contribution in [0.3, 0.4) is 0 Å². The van der Waals surface area contributed by atoms with Crippen LogP contribution < -0.4 is 10.4 Å². The Morgan fingerprint density at radius 1 is 0.966 bits per heavy atom. The van der Waals surface area contributed by atoms with Crippen molar-refractivity contribution in [1.82, 2.24) is 0 Å². The van der Waals surface area contributed by atoms with Crippen molar-refractivity contribution in [2.45, 2.75) is 24.0 Å². The minimum atomic E-state index is -4.32. The first kappa shape index (κ1) is 18.3. The maximum Gasteiger partial charge on any atom is 0.269 e. The van der Waals surface area contributed by atoms with Crippen LogP contribution in [-0.2, 0) is 23.0 Å². The van der Waals surface area contributed by atoms with E-state index in [1.165, 1.54) is 22.9 Å². The predicted octanol–water partition coefficient (Wildman–Crippen LogP) is 3.25. The van der Waals surface area contributed by atoms with E-state index in [-0.39, 0.29) is 6.42 Å². The number of benzene rings is 3. The van der Waals surface area contributed by atoms with Gasteiger partial charge in [0.15, 0.2) is 0 Å². The normalized spacial score (nSPS) is 20.5. The van der Waals surface area contributed by atoms with Gasteiger partial charge in [-0.05, 0) is 62.9 Å². The standard InChI is InChI=1S/C24H19FO3S/c25-18-6-3-5-16(12-18)23-14-22-17(13-24(23)29(26,27)28)9-11-20-19-7-2-1-4-15(19)8-10-21(20)22/h1-3,5-12,14,23-24H,4,13H2,(H,26,27,28). The van der Waals surface area contributed by atoms with E-state index in [9.17, 15) is 17.4 Å². The summed E-state index contributed by atoms with van der Waals surface area (Å²) in [4.78, 5) is 0. The van der Waals surface area contributed by atoms with E-state index < -0.39 is 27.1 Å². The van der Waals surface area contributed by atoms with Gasteiger partial charge in [-0.2, -0.15) is 8.42 Å². The Hall–Kier alpha value is -2.76. The average molecular weight is 406 g/mol. The number of halogens is 1. The molecule has 0 aromatic heterocycles. The lowest BCUT2D eigenvalue weighted by Crippen LogP contribution is -2.36. The number of hydrogen-bond acceptors (Lipinski definition) is 2. The fourth-order valence-corrected chi connectivity index (χ4v) is 5.59. The van der Waals surface area contributed by atoms with Crippen LogP contribution >= 0.6 is 0 Å². The zero-order chi connectivity index (χ0) is 20.2. The Bertz CT molecular complexity index is 1400. The first-order valence-corrected chi connectivity index (χ1v) is 11.1. The Morgan fingerprint density at radius 3 is 2.48 bits per heavy atom. The zero-order valence-corrected chi connectivity index (χ0v) is 16.4. The summed E-state index contributed by atoms with van der Waals surface area (Å²) in [5, 5.41) is 3.26. The Morgan fingerprint density at radius 2 is 1.72 bits per heavy atom. The SMILES string of the molecule is O=S(=O)(O)C1Cc2ccc3c4c(ccc3c2=CC1c1cccc(F)c1)CC=CC=4. The molecular weight excluding hydrogens is 387 g/mol. The van der Waals surface area contributed by atoms with Gasteiger partial charge in [0.1, 0.15) is 11.1 Å². The van der Waals surface area contributed by atoms with E-state index in [2.05, 4.69) is 30.4 Å². The summed E-state index contributed by atoms with van der Waals surface area (Å²) in [5.41, 5.74) is 2.68. The van der Waals surface area contributed by atoms with E-state index in [1.807, 2.05) is 18.2 Å². The van der Waals surface area contributed by atoms with Gasteiger partial charge < -0.3 is 0 Å². The van der Waals surface area contributed by atoms with E-state index in [0.29, 0.717) is 5.56 Å². The van der Waals surface area contributed by atoms with Crippen LogP contribution in [-0.4, -0.2) is 18.2 Å². The molecule has 2 atom stereocenters. The summed E-state index contributed by atoms with van der Waals surface area (Å²) in [7, 11) is -4.32. The molecule has 0 heterocycles. The molecule has 0 saturated carbocycles. The molecule has 1 N–H and O–H groups in total. The van der Waals surface area contributed by atoms with E-state index in [4.69, 9.17) is 0 Å². The van der Waals surface area contributed by atoms with Crippen LogP contribution in [0.5, 0.6) is 0 Å². The van der Waals surface area contributed by atoms with Gasteiger partial charge in [-0.15, -0.1) is 0 Å². The van der Waals surface area contributed by atoms with Crippen LogP contribution in [0.4, 0.5) is 4.39 Å². The molecule has 2 aliphatic carbocycles. The third-order valence-corrected chi connectivity index (χ3v) is 7.21. The van der Waals surface area contributed by atoms with Crippen molar-refractivity contribution in [2.24, 2.45) is 0 Å². The number of hydrogen-bond donors (Lipinski definition) is 1. The molecule has 0 fully saturated rings. The molecule has 3 nitrogen and oxygen atoms in total. The molecule has 0 bridgehead atoms. The lowest BCUT2D eigenvalue weighted by atomic mass is 9.83. The molecule has 29 heavy (non-hydrogen) atoms. The maximum atomic E-state index is 13.8. The molecular formula is C24H19FO3S. The molecule has 2 unspecified atom stereocenters. The molecule has 5 rings (SSSR count). The highest BCUT2D eigenvalue weighted by atomic mass is 32.2. The van der Waals surface area contributed by atoms with Crippen LogP contribution in [0.1, 0.15) is 22.6 Å². The highest BCUT2D eigenvalue weighted by Gasteiger charge is 2.35. The largest absolute Gasteiger partial charge is 0.285 e. The summed E-state index contributed by atoms with van der Waals surface area (Å²) < 4.78 is 48.0. The Kier molecular flexibility index (Phi) is 4.19. The second-order valence-electron chi connectivity index (χ2n) is 7.68. The van der Waals surface area contributed by atoms with Gasteiger partial charge in [-0.25, -0.2) is 4.39 Å². The van der Waals surface area contributed by atoms with Gasteiger partial charge in [-0.3, -0.25) is 4.55 Å². The summed E-state index contributed by atoms with van der Waals surface area (Å²) in [5.74, 6) is -1.05. The molecule has 0 spiro atoms. The monoisotopic (exact) mass is 406 g/mol. The van der Waals surface area contributed by atoms with E-state index in [1.54, 1.807) is 12.1 Å². The van der Waals surface area contributed by atoms with Crippen molar-refractivity contribution < 1.29 is 17.4 Å². The summed E-state index contributed by atoms with van der Waals surface area (Å²) in [6.45, 7) is 0.